The van der Waals surface area contributed by atoms with Crippen LogP contribution in [0, 0.1) is 35.5 Å². The van der Waals surface area contributed by atoms with Gasteiger partial charge in [-0.1, -0.05) is 0 Å². The number of rotatable bonds is 2. The molecule has 3 saturated carbocycles. The Morgan fingerprint density at radius 2 is 1.21 bits per heavy atom. The summed E-state index contributed by atoms with van der Waals surface area (Å²) in [7, 11) is 3.70. The minimum Gasteiger partial charge on any atom is -0.299 e. The lowest BCUT2D eigenvalue weighted by Crippen LogP contribution is -2.41. The van der Waals surface area contributed by atoms with E-state index in [1.807, 2.05) is 19.0 Å². The Morgan fingerprint density at radius 3 is 1.62 bits per heavy atom. The van der Waals surface area contributed by atoms with E-state index in [-0.39, 0.29) is 53.5 Å². The molecule has 6 unspecified atom stereocenters. The fourth-order valence-electron chi connectivity index (χ4n) is 5.55. The van der Waals surface area contributed by atoms with Crippen molar-refractivity contribution in [2.24, 2.45) is 35.5 Å². The Morgan fingerprint density at radius 1 is 0.792 bits per heavy atom. The van der Waals surface area contributed by atoms with Gasteiger partial charge in [-0.3, -0.25) is 29.0 Å². The van der Waals surface area contributed by atoms with Gasteiger partial charge in [-0.05, 0) is 51.6 Å². The summed E-state index contributed by atoms with van der Waals surface area (Å²) < 4.78 is 0. The number of Topliss-reactive ketones (excluding diaryl/α,β-unsaturated/α-hetero) is 2. The molecular weight excluding hydrogens is 308 g/mol. The minimum atomic E-state index is -0.220. The van der Waals surface area contributed by atoms with Gasteiger partial charge >= 0.3 is 0 Å². The van der Waals surface area contributed by atoms with E-state index in [0.29, 0.717) is 31.3 Å². The number of likely N-dealkylation sites (tertiary alicyclic amines) is 1. The largest absolute Gasteiger partial charge is 0.299 e. The second-order valence-corrected chi connectivity index (χ2v) is 8.32. The topological polar surface area (TPSA) is 74.8 Å². The Hall–Kier alpha value is -1.56. The van der Waals surface area contributed by atoms with Crippen LogP contribution in [-0.2, 0) is 19.2 Å². The second kappa shape index (κ2) is 5.48. The number of nitrogens with zero attached hydrogens (tertiary/aromatic N) is 2. The monoisotopic (exact) mass is 332 g/mol. The van der Waals surface area contributed by atoms with E-state index in [0.717, 1.165) is 12.8 Å². The van der Waals surface area contributed by atoms with Crippen LogP contribution >= 0.6 is 0 Å². The Bertz CT molecular complexity index is 581. The quantitative estimate of drug-likeness (QED) is 0.550. The Labute approximate surface area is 141 Å². The number of hydrogen-bond donors (Lipinski definition) is 0. The van der Waals surface area contributed by atoms with Crippen molar-refractivity contribution in [2.75, 3.05) is 20.8 Å². The first kappa shape index (κ1) is 15.9. The van der Waals surface area contributed by atoms with E-state index in [1.54, 1.807) is 0 Å². The van der Waals surface area contributed by atoms with Crippen molar-refractivity contribution in [3.63, 3.8) is 0 Å². The average molecular weight is 332 g/mol. The zero-order chi connectivity index (χ0) is 17.2. The molecule has 3 aliphatic carbocycles. The fraction of sp³-hybridized carbons (Fsp3) is 0.778. The number of amides is 2. The lowest BCUT2D eigenvalue weighted by Gasteiger charge is -2.43. The van der Waals surface area contributed by atoms with E-state index >= 15 is 0 Å². The van der Waals surface area contributed by atoms with Crippen LogP contribution in [0.15, 0.2) is 0 Å². The third-order valence-electron chi connectivity index (χ3n) is 6.63. The average Bonchev–Trinajstić information content (AvgIpc) is 2.92. The second-order valence-electron chi connectivity index (χ2n) is 8.32. The van der Waals surface area contributed by atoms with Crippen molar-refractivity contribution >= 4 is 23.4 Å². The maximum atomic E-state index is 12.7. The van der Waals surface area contributed by atoms with Gasteiger partial charge in [-0.25, -0.2) is 0 Å². The molecule has 2 amide bonds. The standard InChI is InChI=1S/C18H24N2O4/c1-19(2)8-20-17(23)13-5-9-3-11-12(16(22)7-15(11)21)4-10(9)6-14(13)18(20)24/h9-14H,3-8H2,1-2H3. The number of ketones is 2. The van der Waals surface area contributed by atoms with Crippen molar-refractivity contribution in [1.82, 2.24) is 9.80 Å². The highest BCUT2D eigenvalue weighted by molar-refractivity contribution is 6.08. The molecule has 24 heavy (non-hydrogen) atoms. The molecule has 0 bridgehead atoms. The van der Waals surface area contributed by atoms with E-state index in [2.05, 4.69) is 0 Å². The van der Waals surface area contributed by atoms with E-state index in [9.17, 15) is 19.2 Å². The Kier molecular flexibility index (Phi) is 3.64. The third kappa shape index (κ3) is 2.26. The lowest BCUT2D eigenvalue weighted by molar-refractivity contribution is -0.142. The summed E-state index contributed by atoms with van der Waals surface area (Å²) >= 11 is 0. The normalized spacial score (nSPS) is 41.7. The van der Waals surface area contributed by atoms with Crippen molar-refractivity contribution < 1.29 is 19.2 Å². The van der Waals surface area contributed by atoms with Crippen LogP contribution in [0.1, 0.15) is 32.1 Å². The van der Waals surface area contributed by atoms with Gasteiger partial charge < -0.3 is 0 Å². The van der Waals surface area contributed by atoms with Gasteiger partial charge in [-0.2, -0.15) is 0 Å². The molecule has 6 heteroatoms. The van der Waals surface area contributed by atoms with Gasteiger partial charge in [0.25, 0.3) is 0 Å². The highest BCUT2D eigenvalue weighted by Crippen LogP contribution is 2.53. The zero-order valence-corrected chi connectivity index (χ0v) is 14.2. The summed E-state index contributed by atoms with van der Waals surface area (Å²) in [5, 5.41) is 0. The van der Waals surface area contributed by atoms with Crippen LogP contribution in [0.5, 0.6) is 0 Å². The molecule has 0 N–H and O–H groups in total. The molecule has 0 spiro atoms. The minimum absolute atomic E-state index is 0.0481. The molecule has 4 fully saturated rings. The zero-order valence-electron chi connectivity index (χ0n) is 14.2. The SMILES string of the molecule is CN(C)CN1C(=O)C2CC3CC4C(=O)CC(=O)C4CC3CC2C1=O. The molecule has 6 nitrogen and oxygen atoms in total. The summed E-state index contributed by atoms with van der Waals surface area (Å²) in [6, 6.07) is 0. The molecule has 1 aliphatic heterocycles. The van der Waals surface area contributed by atoms with Gasteiger partial charge in [0, 0.05) is 11.8 Å². The van der Waals surface area contributed by atoms with Crippen LogP contribution in [0.3, 0.4) is 0 Å². The van der Waals surface area contributed by atoms with Crippen LogP contribution in [0.25, 0.3) is 0 Å². The molecule has 6 atom stereocenters. The number of imide groups is 1. The first-order chi connectivity index (χ1) is 11.4. The van der Waals surface area contributed by atoms with Crippen LogP contribution < -0.4 is 0 Å². The maximum Gasteiger partial charge on any atom is 0.234 e. The van der Waals surface area contributed by atoms with Crippen LogP contribution in [0.2, 0.25) is 0 Å². The van der Waals surface area contributed by atoms with Gasteiger partial charge in [0.05, 0.1) is 24.9 Å². The molecule has 0 aromatic heterocycles. The predicted molar refractivity (Wildman–Crippen MR) is 84.4 cm³/mol. The fourth-order valence-corrected chi connectivity index (χ4v) is 5.55. The molecule has 1 heterocycles. The summed E-state index contributed by atoms with van der Waals surface area (Å²) in [6.07, 6.45) is 2.97. The van der Waals surface area contributed by atoms with E-state index < -0.39 is 0 Å². The first-order valence-electron chi connectivity index (χ1n) is 8.92. The molecule has 0 aromatic rings. The summed E-state index contributed by atoms with van der Waals surface area (Å²) in [5.41, 5.74) is 0. The smallest absolute Gasteiger partial charge is 0.234 e. The van der Waals surface area contributed by atoms with E-state index in [1.165, 1.54) is 4.90 Å². The highest BCUT2D eigenvalue weighted by Gasteiger charge is 2.56. The summed E-state index contributed by atoms with van der Waals surface area (Å²) in [5.74, 6) is 0.00552. The number of carbonyl (C=O) groups is 4. The predicted octanol–water partition coefficient (Wildman–Crippen LogP) is 0.701. The third-order valence-corrected chi connectivity index (χ3v) is 6.63. The lowest BCUT2D eigenvalue weighted by atomic mass is 9.59. The van der Waals surface area contributed by atoms with Crippen molar-refractivity contribution in [3.05, 3.63) is 0 Å². The van der Waals surface area contributed by atoms with Crippen LogP contribution in [0.4, 0.5) is 0 Å². The number of fused-ring (bicyclic) bond motifs is 3. The summed E-state index contributed by atoms with van der Waals surface area (Å²) in [6.45, 7) is 0.336. The number of hydrogen-bond acceptors (Lipinski definition) is 5. The highest BCUT2D eigenvalue weighted by atomic mass is 16.2. The molecule has 130 valence electrons. The maximum absolute atomic E-state index is 12.7. The van der Waals surface area contributed by atoms with Gasteiger partial charge in [0.1, 0.15) is 11.6 Å². The van der Waals surface area contributed by atoms with Crippen molar-refractivity contribution in [1.29, 1.82) is 0 Å². The van der Waals surface area contributed by atoms with Crippen molar-refractivity contribution in [3.8, 4) is 0 Å². The van der Waals surface area contributed by atoms with Crippen molar-refractivity contribution in [2.45, 2.75) is 32.1 Å². The van der Waals surface area contributed by atoms with Crippen LogP contribution in [-0.4, -0.2) is 53.9 Å². The van der Waals surface area contributed by atoms with Gasteiger partial charge in [-0.15, -0.1) is 0 Å². The molecule has 0 aromatic carbocycles. The molecule has 1 saturated heterocycles. The molecular formula is C18H24N2O4. The first-order valence-corrected chi connectivity index (χ1v) is 8.92. The Balaban J connectivity index is 1.54. The van der Waals surface area contributed by atoms with Gasteiger partial charge in [0.2, 0.25) is 11.8 Å². The molecule has 4 rings (SSSR count). The molecule has 4 aliphatic rings. The number of carbonyl (C=O) groups excluding carboxylic acids is 4. The molecule has 0 radical (unpaired) electrons. The van der Waals surface area contributed by atoms with Gasteiger partial charge in [0.15, 0.2) is 0 Å². The summed E-state index contributed by atoms with van der Waals surface area (Å²) in [4.78, 5) is 52.7. The van der Waals surface area contributed by atoms with E-state index in [4.69, 9.17) is 0 Å².